The standard InChI is InChI=1S/C28H35N2SSi2.C17H32O2.Ir/c1-19-25-27(31-28(19)33(5,6)22-13-8-7-9-14-22)26(30-18-29-25)21-16-20-12-10-11-15-23(20)24(17-21)32(2,3)4;1-10(2)16(11(3)4)14(18)9-15(19)17(12(5)6)13(7)8;/h10-12,15,17-18,22H,7-9,13-14H2,1-6H3;9-13,16-18H,1-8H3;/q-1;;/b;14-9-;. The molecule has 1 fully saturated rings. The maximum atomic E-state index is 12.3. The van der Waals surface area contributed by atoms with Crippen molar-refractivity contribution < 1.29 is 30.0 Å². The monoisotopic (exact) mass is 948 g/mol. The second kappa shape index (κ2) is 18.8. The van der Waals surface area contributed by atoms with Crippen LogP contribution in [0.4, 0.5) is 0 Å². The Morgan fingerprint density at radius 3 is 1.98 bits per heavy atom. The van der Waals surface area contributed by atoms with E-state index in [1.807, 2.05) is 11.3 Å². The summed E-state index contributed by atoms with van der Waals surface area (Å²) >= 11 is 1.99. The molecule has 1 aliphatic carbocycles. The number of thiophene rings is 1. The third kappa shape index (κ3) is 10.5. The van der Waals surface area contributed by atoms with Gasteiger partial charge in [0.15, 0.2) is 5.78 Å². The average Bonchev–Trinajstić information content (AvgIpc) is 3.40. The SMILES string of the molecule is CC(C)C(C(=O)/C=C(\O)C(C(C)C)C(C)C)C(C)C.Cc1c([Si](C)(C)C2CCCCC2)sc2c(-c3[c-]c4ccccc4c([Si](C)(C)C)c3)ncnc12.[Ir]. The maximum Gasteiger partial charge on any atom is 0.162 e. The summed E-state index contributed by atoms with van der Waals surface area (Å²) in [6.45, 7) is 31.4. The quantitative estimate of drug-likeness (QED) is 0.0704. The summed E-state index contributed by atoms with van der Waals surface area (Å²) in [5.41, 5.74) is 5.65. The Morgan fingerprint density at radius 1 is 0.868 bits per heavy atom. The fourth-order valence-electron chi connectivity index (χ4n) is 9.04. The van der Waals surface area contributed by atoms with Crippen LogP contribution in [0.3, 0.4) is 0 Å². The molecular weight excluding hydrogens is 881 g/mol. The van der Waals surface area contributed by atoms with Crippen molar-refractivity contribution in [2.24, 2.45) is 35.5 Å². The predicted molar refractivity (Wildman–Crippen MR) is 233 cm³/mol. The number of aliphatic hydroxyl groups is 1. The minimum Gasteiger partial charge on any atom is -0.512 e. The van der Waals surface area contributed by atoms with Crippen LogP contribution in [0.5, 0.6) is 0 Å². The van der Waals surface area contributed by atoms with Crippen LogP contribution in [-0.4, -0.2) is 37.0 Å². The molecule has 0 saturated heterocycles. The van der Waals surface area contributed by atoms with E-state index in [1.165, 1.54) is 64.4 Å². The Hall–Kier alpha value is -1.97. The summed E-state index contributed by atoms with van der Waals surface area (Å²) in [7, 11) is -3.11. The number of aryl methyl sites for hydroxylation is 1. The topological polar surface area (TPSA) is 63.1 Å². The van der Waals surface area contributed by atoms with Gasteiger partial charge < -0.3 is 5.11 Å². The molecule has 0 spiro atoms. The molecule has 53 heavy (non-hydrogen) atoms. The van der Waals surface area contributed by atoms with E-state index in [9.17, 15) is 9.90 Å². The van der Waals surface area contributed by atoms with Crippen molar-refractivity contribution in [3.8, 4) is 11.3 Å². The largest absolute Gasteiger partial charge is 0.512 e. The van der Waals surface area contributed by atoms with Gasteiger partial charge in [-0.05, 0) is 46.2 Å². The van der Waals surface area contributed by atoms with E-state index in [1.54, 1.807) is 10.8 Å². The number of benzene rings is 2. The number of hydrogen-bond acceptors (Lipinski definition) is 5. The third-order valence-electron chi connectivity index (χ3n) is 11.6. The molecular formula is C45H67IrN2O2SSi2-. The van der Waals surface area contributed by atoms with E-state index in [0.29, 0.717) is 23.7 Å². The zero-order valence-corrected chi connectivity index (χ0v) is 40.3. The zero-order chi connectivity index (χ0) is 38.7. The van der Waals surface area contributed by atoms with Crippen LogP contribution in [0.25, 0.3) is 32.2 Å². The molecule has 1 radical (unpaired) electrons. The predicted octanol–water partition coefficient (Wildman–Crippen LogP) is 12.3. The van der Waals surface area contributed by atoms with E-state index in [2.05, 4.69) is 131 Å². The van der Waals surface area contributed by atoms with E-state index >= 15 is 0 Å². The van der Waals surface area contributed by atoms with Crippen molar-refractivity contribution in [3.63, 3.8) is 0 Å². The fourth-order valence-corrected chi connectivity index (χ4v) is 16.8. The van der Waals surface area contributed by atoms with E-state index in [4.69, 9.17) is 9.97 Å². The first-order chi connectivity index (χ1) is 24.3. The van der Waals surface area contributed by atoms with Crippen LogP contribution in [-0.2, 0) is 24.9 Å². The first-order valence-electron chi connectivity index (χ1n) is 19.9. The van der Waals surface area contributed by atoms with Crippen LogP contribution < -0.4 is 9.69 Å². The van der Waals surface area contributed by atoms with Gasteiger partial charge in [0.25, 0.3) is 0 Å². The third-order valence-corrected chi connectivity index (χ3v) is 20.8. The number of ketones is 1. The molecule has 2 heterocycles. The normalized spacial score (nSPS) is 14.9. The number of aromatic nitrogens is 2. The summed E-state index contributed by atoms with van der Waals surface area (Å²) in [5.74, 6) is 1.63. The summed E-state index contributed by atoms with van der Waals surface area (Å²) in [6, 6.07) is 14.8. The second-order valence-electron chi connectivity index (χ2n) is 18.4. The zero-order valence-electron chi connectivity index (χ0n) is 35.1. The number of aliphatic hydroxyl groups excluding tert-OH is 1. The molecule has 2 aromatic heterocycles. The molecule has 0 amide bonds. The number of rotatable bonds is 11. The number of nitrogens with zero attached hydrogens (tertiary/aromatic N) is 2. The molecule has 0 unspecified atom stereocenters. The molecule has 8 heteroatoms. The first kappa shape index (κ1) is 45.4. The van der Waals surface area contributed by atoms with Crippen molar-refractivity contribution in [1.82, 2.24) is 9.97 Å². The molecule has 293 valence electrons. The Morgan fingerprint density at radius 2 is 1.43 bits per heavy atom. The van der Waals surface area contributed by atoms with Crippen molar-refractivity contribution in [2.75, 3.05) is 0 Å². The van der Waals surface area contributed by atoms with Gasteiger partial charge in [0, 0.05) is 48.4 Å². The molecule has 5 rings (SSSR count). The van der Waals surface area contributed by atoms with Gasteiger partial charge in [-0.2, -0.15) is 0 Å². The van der Waals surface area contributed by atoms with Crippen molar-refractivity contribution >= 4 is 63.9 Å². The number of carbonyl (C=O) groups excluding carboxylic acids is 1. The van der Waals surface area contributed by atoms with Crippen molar-refractivity contribution in [3.05, 3.63) is 60.1 Å². The van der Waals surface area contributed by atoms with Crippen LogP contribution in [0.15, 0.2) is 48.5 Å². The van der Waals surface area contributed by atoms with Gasteiger partial charge in [0.1, 0.15) is 6.33 Å². The van der Waals surface area contributed by atoms with Crippen molar-refractivity contribution in [1.29, 1.82) is 0 Å². The number of fused-ring (bicyclic) bond motifs is 2. The number of carbonyl (C=O) groups is 1. The summed E-state index contributed by atoms with van der Waals surface area (Å²) in [6.07, 6.45) is 10.3. The Labute approximate surface area is 341 Å². The van der Waals surface area contributed by atoms with Gasteiger partial charge in [-0.1, -0.05) is 149 Å². The Bertz CT molecular complexity index is 1850. The van der Waals surface area contributed by atoms with Crippen LogP contribution in [0, 0.1) is 48.5 Å². The van der Waals surface area contributed by atoms with E-state index in [-0.39, 0.29) is 43.5 Å². The molecule has 1 N–H and O–H groups in total. The Balaban J connectivity index is 0.000000327. The first-order valence-corrected chi connectivity index (χ1v) is 27.3. The minimum atomic E-state index is -1.57. The molecule has 1 aliphatic rings. The van der Waals surface area contributed by atoms with E-state index < -0.39 is 16.1 Å². The average molecular weight is 948 g/mol. The van der Waals surface area contributed by atoms with Crippen molar-refractivity contribution in [2.45, 2.75) is 133 Å². The van der Waals surface area contributed by atoms with E-state index in [0.717, 1.165) is 22.3 Å². The molecule has 0 bridgehead atoms. The molecule has 1 saturated carbocycles. The minimum absolute atomic E-state index is 0. The molecule has 0 atom stereocenters. The van der Waals surface area contributed by atoms with Gasteiger partial charge >= 0.3 is 0 Å². The maximum absolute atomic E-state index is 12.3. The summed E-state index contributed by atoms with van der Waals surface area (Å²) < 4.78 is 2.90. The summed E-state index contributed by atoms with van der Waals surface area (Å²) in [4.78, 5) is 22.0. The smallest absolute Gasteiger partial charge is 0.162 e. The number of allylic oxidation sites excluding steroid dienone is 2. The summed E-state index contributed by atoms with van der Waals surface area (Å²) in [5, 5.41) is 14.3. The molecule has 0 aliphatic heterocycles. The Kier molecular flexibility index (Phi) is 16.1. The second-order valence-corrected chi connectivity index (χ2v) is 29.6. The van der Waals surface area contributed by atoms with Crippen LogP contribution in [0.1, 0.15) is 93.1 Å². The van der Waals surface area contributed by atoms with Crippen LogP contribution >= 0.6 is 11.3 Å². The van der Waals surface area contributed by atoms with Gasteiger partial charge in [-0.3, -0.25) is 9.78 Å². The van der Waals surface area contributed by atoms with Crippen LogP contribution in [0.2, 0.25) is 38.3 Å². The molecule has 4 nitrogen and oxygen atoms in total. The van der Waals surface area contributed by atoms with Gasteiger partial charge in [-0.25, -0.2) is 4.98 Å². The fraction of sp³-hybridized carbons (Fsp3) is 0.578. The van der Waals surface area contributed by atoms with Gasteiger partial charge in [0.2, 0.25) is 0 Å². The molecule has 2 aromatic carbocycles. The number of hydrogen-bond donors (Lipinski definition) is 1. The van der Waals surface area contributed by atoms with Gasteiger partial charge in [0.05, 0.1) is 27.4 Å². The van der Waals surface area contributed by atoms with Gasteiger partial charge in [-0.15, -0.1) is 40.1 Å². The molecule has 4 aromatic rings.